The summed E-state index contributed by atoms with van der Waals surface area (Å²) in [5.74, 6) is -0.200. The molecule has 0 aliphatic rings. The van der Waals surface area contributed by atoms with E-state index < -0.39 is 5.54 Å². The van der Waals surface area contributed by atoms with Crippen LogP contribution in [0.25, 0.3) is 0 Å². The van der Waals surface area contributed by atoms with Gasteiger partial charge in [0.15, 0.2) is 0 Å². The van der Waals surface area contributed by atoms with Gasteiger partial charge in [-0.15, -0.1) is 0 Å². The third kappa shape index (κ3) is 3.87. The lowest BCUT2D eigenvalue weighted by molar-refractivity contribution is 0.0912. The van der Waals surface area contributed by atoms with Crippen LogP contribution >= 0.6 is 43.5 Å². The Morgan fingerprint density at radius 1 is 1.10 bits per heavy atom. The Morgan fingerprint density at radius 2 is 1.71 bits per heavy atom. The summed E-state index contributed by atoms with van der Waals surface area (Å²) in [5.41, 5.74) is 0.977. The van der Waals surface area contributed by atoms with Crippen LogP contribution in [0.5, 0.6) is 0 Å². The fourth-order valence-corrected chi connectivity index (χ4v) is 2.81. The molecule has 0 heterocycles. The molecule has 21 heavy (non-hydrogen) atoms. The lowest BCUT2D eigenvalue weighted by Crippen LogP contribution is -2.41. The minimum atomic E-state index is -0.497. The van der Waals surface area contributed by atoms with Gasteiger partial charge >= 0.3 is 0 Å². The molecule has 2 aromatic rings. The second-order valence-corrected chi connectivity index (χ2v) is 7.34. The summed E-state index contributed by atoms with van der Waals surface area (Å²) in [7, 11) is 0. The van der Waals surface area contributed by atoms with Crippen LogP contribution in [0.2, 0.25) is 5.02 Å². The highest BCUT2D eigenvalue weighted by Crippen LogP contribution is 2.28. The standard InChI is InChI=1S/C16H14Br2ClNO/c1-16(2,10-6-8-11(17)9-7-10)20-15(21)12-4-3-5-13(18)14(12)19/h3-9H,1-2H3,(H,20,21). The van der Waals surface area contributed by atoms with Crippen molar-refractivity contribution in [1.29, 1.82) is 0 Å². The maximum atomic E-state index is 12.4. The van der Waals surface area contributed by atoms with E-state index >= 15 is 0 Å². The first-order valence-electron chi connectivity index (χ1n) is 6.34. The molecule has 0 spiro atoms. The minimum Gasteiger partial charge on any atom is -0.343 e. The molecule has 0 aromatic heterocycles. The molecule has 0 saturated heterocycles. The first-order valence-corrected chi connectivity index (χ1v) is 8.30. The Labute approximate surface area is 146 Å². The fourth-order valence-electron chi connectivity index (χ4n) is 1.97. The van der Waals surface area contributed by atoms with E-state index in [1.807, 2.05) is 38.1 Å². The third-order valence-electron chi connectivity index (χ3n) is 3.19. The molecule has 1 N–H and O–H groups in total. The number of amides is 1. The van der Waals surface area contributed by atoms with Crippen molar-refractivity contribution < 1.29 is 4.79 Å². The van der Waals surface area contributed by atoms with Crippen LogP contribution in [0.1, 0.15) is 29.8 Å². The van der Waals surface area contributed by atoms with E-state index in [9.17, 15) is 4.79 Å². The molecule has 110 valence electrons. The molecule has 0 atom stereocenters. The summed E-state index contributed by atoms with van der Waals surface area (Å²) in [6.07, 6.45) is 0. The lowest BCUT2D eigenvalue weighted by atomic mass is 9.94. The van der Waals surface area contributed by atoms with Crippen LogP contribution < -0.4 is 5.32 Å². The van der Waals surface area contributed by atoms with Crippen molar-refractivity contribution in [3.63, 3.8) is 0 Å². The van der Waals surface area contributed by atoms with Crippen molar-refractivity contribution in [1.82, 2.24) is 5.32 Å². The maximum absolute atomic E-state index is 12.4. The van der Waals surface area contributed by atoms with Crippen molar-refractivity contribution in [2.45, 2.75) is 19.4 Å². The van der Waals surface area contributed by atoms with Crippen LogP contribution in [0, 0.1) is 0 Å². The molecule has 5 heteroatoms. The van der Waals surface area contributed by atoms with E-state index in [1.54, 1.807) is 18.2 Å². The predicted octanol–water partition coefficient (Wildman–Crippen LogP) is 5.53. The first-order chi connectivity index (χ1) is 9.81. The van der Waals surface area contributed by atoms with Gasteiger partial charge in [-0.3, -0.25) is 4.79 Å². The Morgan fingerprint density at radius 3 is 2.33 bits per heavy atom. The summed E-state index contributed by atoms with van der Waals surface area (Å²) >= 11 is 12.9. The first kappa shape index (κ1) is 16.5. The number of carbonyl (C=O) groups excluding carboxylic acids is 1. The molecule has 0 bridgehead atoms. The molecule has 2 rings (SSSR count). The number of rotatable bonds is 3. The topological polar surface area (TPSA) is 29.1 Å². The Kier molecular flexibility index (Phi) is 5.12. The molecule has 0 aliphatic heterocycles. The van der Waals surface area contributed by atoms with E-state index in [2.05, 4.69) is 37.2 Å². The van der Waals surface area contributed by atoms with Gasteiger partial charge in [0.25, 0.3) is 5.91 Å². The second-order valence-electron chi connectivity index (χ2n) is 5.19. The molecule has 0 unspecified atom stereocenters. The SMILES string of the molecule is CC(C)(NC(=O)c1cccc(Br)c1Cl)c1ccc(Br)cc1. The largest absolute Gasteiger partial charge is 0.343 e. The van der Waals surface area contributed by atoms with Crippen LogP contribution in [0.4, 0.5) is 0 Å². The quantitative estimate of drug-likeness (QED) is 0.680. The number of carbonyl (C=O) groups is 1. The zero-order valence-corrected chi connectivity index (χ0v) is 15.5. The maximum Gasteiger partial charge on any atom is 0.253 e. The van der Waals surface area contributed by atoms with Crippen LogP contribution in [-0.2, 0) is 5.54 Å². The highest BCUT2D eigenvalue weighted by atomic mass is 79.9. The number of hydrogen-bond acceptors (Lipinski definition) is 1. The normalized spacial score (nSPS) is 11.3. The number of hydrogen-bond donors (Lipinski definition) is 1. The Balaban J connectivity index is 2.25. The Bertz CT molecular complexity index is 668. The molecule has 2 aromatic carbocycles. The highest BCUT2D eigenvalue weighted by molar-refractivity contribution is 9.10. The van der Waals surface area contributed by atoms with Crippen molar-refractivity contribution in [3.05, 3.63) is 67.6 Å². The van der Waals surface area contributed by atoms with Crippen molar-refractivity contribution >= 4 is 49.4 Å². The van der Waals surface area contributed by atoms with E-state index in [4.69, 9.17) is 11.6 Å². The number of benzene rings is 2. The van der Waals surface area contributed by atoms with Crippen LogP contribution in [0.3, 0.4) is 0 Å². The zero-order valence-electron chi connectivity index (χ0n) is 11.6. The molecule has 2 nitrogen and oxygen atoms in total. The molecular formula is C16H14Br2ClNO. The summed E-state index contributed by atoms with van der Waals surface area (Å²) in [6.45, 7) is 3.92. The average Bonchev–Trinajstić information content (AvgIpc) is 2.41. The lowest BCUT2D eigenvalue weighted by Gasteiger charge is -2.27. The fraction of sp³-hybridized carbons (Fsp3) is 0.188. The van der Waals surface area contributed by atoms with Gasteiger partial charge in [-0.25, -0.2) is 0 Å². The Hall–Kier alpha value is -0.840. The highest BCUT2D eigenvalue weighted by Gasteiger charge is 2.24. The molecule has 1 amide bonds. The summed E-state index contributed by atoms with van der Waals surface area (Å²) < 4.78 is 1.71. The van der Waals surface area contributed by atoms with E-state index in [0.717, 1.165) is 10.0 Å². The zero-order chi connectivity index (χ0) is 15.6. The summed E-state index contributed by atoms with van der Waals surface area (Å²) in [6, 6.07) is 13.2. The second kappa shape index (κ2) is 6.51. The molecular weight excluding hydrogens is 417 g/mol. The summed E-state index contributed by atoms with van der Waals surface area (Å²) in [5, 5.41) is 3.43. The van der Waals surface area contributed by atoms with Gasteiger partial charge < -0.3 is 5.32 Å². The van der Waals surface area contributed by atoms with Crippen molar-refractivity contribution in [2.75, 3.05) is 0 Å². The van der Waals surface area contributed by atoms with Crippen LogP contribution in [-0.4, -0.2) is 5.91 Å². The number of nitrogens with one attached hydrogen (secondary N) is 1. The van der Waals surface area contributed by atoms with Crippen LogP contribution in [0.15, 0.2) is 51.4 Å². The van der Waals surface area contributed by atoms with Crippen molar-refractivity contribution in [3.8, 4) is 0 Å². The van der Waals surface area contributed by atoms with Gasteiger partial charge in [0.2, 0.25) is 0 Å². The molecule has 0 radical (unpaired) electrons. The predicted molar refractivity (Wildman–Crippen MR) is 93.8 cm³/mol. The number of halogens is 3. The van der Waals surface area contributed by atoms with E-state index in [-0.39, 0.29) is 5.91 Å². The third-order valence-corrected chi connectivity index (χ3v) is 5.01. The van der Waals surface area contributed by atoms with Gasteiger partial charge in [0.05, 0.1) is 16.1 Å². The van der Waals surface area contributed by atoms with Gasteiger partial charge in [0.1, 0.15) is 0 Å². The monoisotopic (exact) mass is 429 g/mol. The van der Waals surface area contributed by atoms with E-state index in [0.29, 0.717) is 15.1 Å². The van der Waals surface area contributed by atoms with Gasteiger partial charge in [0, 0.05) is 8.95 Å². The van der Waals surface area contributed by atoms with Gasteiger partial charge in [-0.05, 0) is 59.6 Å². The molecule has 0 aliphatic carbocycles. The molecule has 0 saturated carbocycles. The van der Waals surface area contributed by atoms with Gasteiger partial charge in [-0.1, -0.05) is 45.7 Å². The summed E-state index contributed by atoms with van der Waals surface area (Å²) in [4.78, 5) is 12.4. The average molecular weight is 432 g/mol. The van der Waals surface area contributed by atoms with Gasteiger partial charge in [-0.2, -0.15) is 0 Å². The smallest absolute Gasteiger partial charge is 0.253 e. The minimum absolute atomic E-state index is 0.200. The van der Waals surface area contributed by atoms with E-state index in [1.165, 1.54) is 0 Å². The molecule has 0 fully saturated rings. The van der Waals surface area contributed by atoms with Crippen molar-refractivity contribution in [2.24, 2.45) is 0 Å².